The fraction of sp³-hybridized carbons (Fsp3) is 0.444. The van der Waals surface area contributed by atoms with E-state index in [0.29, 0.717) is 11.4 Å². The second-order valence-electron chi connectivity index (χ2n) is 6.65. The van der Waals surface area contributed by atoms with E-state index in [-0.39, 0.29) is 18.1 Å². The normalized spacial score (nSPS) is 20.4. The molecule has 0 radical (unpaired) electrons. The molecule has 0 bridgehead atoms. The van der Waals surface area contributed by atoms with E-state index in [4.69, 9.17) is 9.84 Å². The molecule has 0 saturated carbocycles. The maximum Gasteiger partial charge on any atom is 0.277 e. The Morgan fingerprint density at radius 3 is 2.64 bits per heavy atom. The molecule has 0 spiro atoms. The zero-order valence-corrected chi connectivity index (χ0v) is 15.7. The van der Waals surface area contributed by atoms with E-state index in [1.54, 1.807) is 6.07 Å². The van der Waals surface area contributed by atoms with Gasteiger partial charge in [-0.2, -0.15) is 0 Å². The van der Waals surface area contributed by atoms with E-state index < -0.39 is 36.9 Å². The minimum absolute atomic E-state index is 0.0410. The van der Waals surface area contributed by atoms with Gasteiger partial charge in [-0.3, -0.25) is 9.59 Å². The number of amidine groups is 1. The lowest BCUT2D eigenvalue weighted by Crippen LogP contribution is -2.56. The highest BCUT2D eigenvalue weighted by Gasteiger charge is 2.38. The number of benzene rings is 1. The van der Waals surface area contributed by atoms with Crippen molar-refractivity contribution in [1.29, 1.82) is 0 Å². The molecule has 0 aromatic heterocycles. The monoisotopic (exact) mass is 390 g/mol. The number of fused-ring (bicyclic) bond motifs is 2. The van der Waals surface area contributed by atoms with Crippen LogP contribution in [0.3, 0.4) is 0 Å². The summed E-state index contributed by atoms with van der Waals surface area (Å²) < 4.78 is 5.10. The Labute approximate surface area is 161 Å². The molecule has 3 atom stereocenters. The number of hydrogen-bond acceptors (Lipinski definition) is 9. The Kier molecular flexibility index (Phi) is 5.57. The number of ether oxygens (including phenoxy) is 1. The largest absolute Gasteiger partial charge is 0.388 e. The highest BCUT2D eigenvalue weighted by molar-refractivity contribution is 6.70. The molecule has 0 aliphatic carbocycles. The van der Waals surface area contributed by atoms with Crippen LogP contribution in [-0.2, 0) is 14.3 Å². The topological polar surface area (TPSA) is 144 Å². The summed E-state index contributed by atoms with van der Waals surface area (Å²) >= 11 is 0. The van der Waals surface area contributed by atoms with Gasteiger partial charge >= 0.3 is 0 Å². The Hall–Kier alpha value is -2.66. The van der Waals surface area contributed by atoms with Crippen molar-refractivity contribution in [2.75, 3.05) is 25.2 Å². The van der Waals surface area contributed by atoms with Gasteiger partial charge in [-0.25, -0.2) is 9.98 Å². The second-order valence-corrected chi connectivity index (χ2v) is 6.65. The van der Waals surface area contributed by atoms with Gasteiger partial charge in [0.25, 0.3) is 5.91 Å². The highest BCUT2D eigenvalue weighted by Crippen LogP contribution is 2.36. The van der Waals surface area contributed by atoms with Crippen LogP contribution in [0.4, 0.5) is 11.4 Å². The van der Waals surface area contributed by atoms with Crippen LogP contribution in [-0.4, -0.2) is 77.4 Å². The Bertz CT molecular complexity index is 881. The fourth-order valence-electron chi connectivity index (χ4n) is 3.00. The third-order valence-corrected chi connectivity index (χ3v) is 4.73. The number of carbonyl (C=O) groups is 2. The number of aliphatic hydroxyl groups is 3. The second kappa shape index (κ2) is 7.76. The Morgan fingerprint density at radius 1 is 1.32 bits per heavy atom. The van der Waals surface area contributed by atoms with Crippen molar-refractivity contribution in [2.24, 2.45) is 9.98 Å². The summed E-state index contributed by atoms with van der Waals surface area (Å²) in [5.41, 5.74) is 3.02. The summed E-state index contributed by atoms with van der Waals surface area (Å²) in [5, 5.41) is 31.8. The maximum absolute atomic E-state index is 12.5. The molecular formula is C18H22N4O6. The molecule has 1 aromatic carbocycles. The van der Waals surface area contributed by atoms with Gasteiger partial charge in [-0.05, 0) is 37.1 Å². The third-order valence-electron chi connectivity index (χ3n) is 4.73. The van der Waals surface area contributed by atoms with E-state index in [1.807, 2.05) is 19.9 Å². The molecule has 2 aliphatic heterocycles. The molecule has 10 nitrogen and oxygen atoms in total. The molecule has 150 valence electrons. The lowest BCUT2D eigenvalue weighted by molar-refractivity contribution is -0.135. The Balaban J connectivity index is 2.08. The average molecular weight is 390 g/mol. The number of ketones is 1. The first-order valence-corrected chi connectivity index (χ1v) is 8.65. The molecule has 3 unspecified atom stereocenters. The Morgan fingerprint density at radius 2 is 2.00 bits per heavy atom. The van der Waals surface area contributed by atoms with Crippen molar-refractivity contribution in [1.82, 2.24) is 5.32 Å². The number of nitrogens with zero attached hydrogens (tertiary/aromatic N) is 3. The number of carbonyl (C=O) groups excluding carboxylic acids is 2. The molecule has 0 saturated heterocycles. The molecular weight excluding hydrogens is 368 g/mol. The third kappa shape index (κ3) is 3.54. The number of nitrogens with one attached hydrogen (secondary N) is 1. The number of hydrogen-bond donors (Lipinski definition) is 4. The van der Waals surface area contributed by atoms with Crippen molar-refractivity contribution < 1.29 is 29.6 Å². The summed E-state index contributed by atoms with van der Waals surface area (Å²) in [4.78, 5) is 34.2. The average Bonchev–Trinajstić information content (AvgIpc) is 2.68. The lowest BCUT2D eigenvalue weighted by Gasteiger charge is -2.36. The molecule has 28 heavy (non-hydrogen) atoms. The number of anilines is 1. The van der Waals surface area contributed by atoms with Crippen molar-refractivity contribution >= 4 is 34.6 Å². The van der Waals surface area contributed by atoms with Crippen LogP contribution in [0.25, 0.3) is 0 Å². The van der Waals surface area contributed by atoms with Crippen molar-refractivity contribution in [3.63, 3.8) is 0 Å². The number of aryl methyl sites for hydroxylation is 2. The first kappa shape index (κ1) is 20.1. The fourth-order valence-corrected chi connectivity index (χ4v) is 3.00. The summed E-state index contributed by atoms with van der Waals surface area (Å²) in [6, 6.07) is 3.63. The summed E-state index contributed by atoms with van der Waals surface area (Å²) in [7, 11) is 1.38. The lowest BCUT2D eigenvalue weighted by atomic mass is 10.0. The molecule has 2 heterocycles. The van der Waals surface area contributed by atoms with Gasteiger partial charge in [0.2, 0.25) is 6.35 Å². The molecule has 0 fully saturated rings. The van der Waals surface area contributed by atoms with Crippen LogP contribution >= 0.6 is 0 Å². The summed E-state index contributed by atoms with van der Waals surface area (Å²) in [6.45, 7) is 2.67. The molecule has 10 heteroatoms. The van der Waals surface area contributed by atoms with Crippen molar-refractivity contribution in [2.45, 2.75) is 32.4 Å². The van der Waals surface area contributed by atoms with Gasteiger partial charge in [0, 0.05) is 7.11 Å². The van der Waals surface area contributed by atoms with Crippen LogP contribution < -0.4 is 10.2 Å². The molecule has 1 aromatic rings. The number of amides is 1. The van der Waals surface area contributed by atoms with Crippen LogP contribution in [0.2, 0.25) is 0 Å². The molecule has 3 rings (SSSR count). The molecule has 4 N–H and O–H groups in total. The van der Waals surface area contributed by atoms with Crippen LogP contribution in [0, 0.1) is 13.8 Å². The van der Waals surface area contributed by atoms with E-state index >= 15 is 0 Å². The van der Waals surface area contributed by atoms with Crippen LogP contribution in [0.1, 0.15) is 11.1 Å². The predicted molar refractivity (Wildman–Crippen MR) is 101 cm³/mol. The van der Waals surface area contributed by atoms with Gasteiger partial charge in [0.15, 0.2) is 17.3 Å². The quantitative estimate of drug-likeness (QED) is 0.484. The highest BCUT2D eigenvalue weighted by atomic mass is 16.5. The van der Waals surface area contributed by atoms with Crippen LogP contribution in [0.5, 0.6) is 0 Å². The van der Waals surface area contributed by atoms with Gasteiger partial charge < -0.3 is 30.3 Å². The minimum Gasteiger partial charge on any atom is -0.388 e. The SMILES string of the molecule is COC1N=C2C(=Nc3cc(C)c(C)cc3N2CC(O)C(O)C(=O)CO)C(=O)N1. The standard InChI is InChI=1S/C18H22N4O6/c1-8-4-10-11(5-9(8)2)22(6-12(24)15(26)13(25)7-23)16-14(19-10)17(27)21-18(20-16)28-3/h4-5,12,15,18,23-24,26H,6-7H2,1-3H3,(H,21,27). The van der Waals surface area contributed by atoms with Gasteiger partial charge in [-0.1, -0.05) is 0 Å². The van der Waals surface area contributed by atoms with Gasteiger partial charge in [-0.15, -0.1) is 0 Å². The number of aliphatic imine (C=N–C) groups is 2. The first-order chi connectivity index (χ1) is 13.3. The van der Waals surface area contributed by atoms with Gasteiger partial charge in [0.1, 0.15) is 18.8 Å². The zero-order valence-electron chi connectivity index (χ0n) is 15.7. The van der Waals surface area contributed by atoms with Crippen molar-refractivity contribution in [3.05, 3.63) is 23.3 Å². The first-order valence-electron chi connectivity index (χ1n) is 8.65. The van der Waals surface area contributed by atoms with E-state index in [1.165, 1.54) is 12.0 Å². The van der Waals surface area contributed by atoms with E-state index in [9.17, 15) is 19.8 Å². The van der Waals surface area contributed by atoms with E-state index in [0.717, 1.165) is 11.1 Å². The molecule has 2 aliphatic rings. The number of Topliss-reactive ketones (excluding diaryl/α,β-unsaturated/α-hetero) is 1. The smallest absolute Gasteiger partial charge is 0.277 e. The van der Waals surface area contributed by atoms with Crippen LogP contribution in [0.15, 0.2) is 22.1 Å². The number of methoxy groups -OCH3 is 1. The minimum atomic E-state index is -1.78. The molecule has 1 amide bonds. The van der Waals surface area contributed by atoms with E-state index in [2.05, 4.69) is 15.3 Å². The zero-order chi connectivity index (χ0) is 20.6. The summed E-state index contributed by atoms with van der Waals surface area (Å²) in [6.07, 6.45) is -4.24. The van der Waals surface area contributed by atoms with Crippen molar-refractivity contribution in [3.8, 4) is 0 Å². The summed E-state index contributed by atoms with van der Waals surface area (Å²) in [5.74, 6) is -1.24. The number of β-amino-alcohol motifs (C(OH)–C–C–N with tert-alkyl or cyclic N) is 1. The van der Waals surface area contributed by atoms with Gasteiger partial charge in [0.05, 0.1) is 17.9 Å². The number of rotatable bonds is 6. The maximum atomic E-state index is 12.5. The predicted octanol–water partition coefficient (Wildman–Crippen LogP) is -1.06. The number of aliphatic hydroxyl groups excluding tert-OH is 3.